The van der Waals surface area contributed by atoms with Crippen LogP contribution in [-0.2, 0) is 14.3 Å². The smallest absolute Gasteiger partial charge is 0.303 e. The third kappa shape index (κ3) is 2.97. The third-order valence-electron chi connectivity index (χ3n) is 5.21. The minimum absolute atomic E-state index is 0.138. The van der Waals surface area contributed by atoms with Gasteiger partial charge in [-0.05, 0) is 28.8 Å². The second-order valence-electron chi connectivity index (χ2n) is 6.88. The summed E-state index contributed by atoms with van der Waals surface area (Å²) >= 11 is 0. The summed E-state index contributed by atoms with van der Waals surface area (Å²) < 4.78 is 5.34. The van der Waals surface area contributed by atoms with Crippen molar-refractivity contribution in [2.24, 2.45) is 0 Å². The van der Waals surface area contributed by atoms with Crippen LogP contribution in [0.2, 0.25) is 0 Å². The topological polar surface area (TPSA) is 46.6 Å². The molecule has 1 saturated heterocycles. The van der Waals surface area contributed by atoms with E-state index in [-0.39, 0.29) is 18.0 Å². The highest BCUT2D eigenvalue weighted by atomic mass is 16.6. The summed E-state index contributed by atoms with van der Waals surface area (Å²) in [5, 5.41) is 2.27. The molecule has 0 saturated carbocycles. The average molecular weight is 359 g/mol. The van der Waals surface area contributed by atoms with E-state index in [0.717, 1.165) is 21.9 Å². The highest BCUT2D eigenvalue weighted by Gasteiger charge is 2.52. The zero-order chi connectivity index (χ0) is 19.0. The number of β-lactam (4-membered cyclic amide) rings is 1. The van der Waals surface area contributed by atoms with Gasteiger partial charge in [-0.3, -0.25) is 9.59 Å². The van der Waals surface area contributed by atoms with Gasteiger partial charge < -0.3 is 9.64 Å². The number of fused-ring (bicyclic) bond motifs is 1. The summed E-state index contributed by atoms with van der Waals surface area (Å²) in [6.07, 6.45) is -0.762. The Labute approximate surface area is 158 Å². The predicted octanol–water partition coefficient (Wildman–Crippen LogP) is 4.42. The van der Waals surface area contributed by atoms with Gasteiger partial charge in [-0.2, -0.15) is 0 Å². The van der Waals surface area contributed by atoms with Crippen LogP contribution >= 0.6 is 0 Å². The Kier molecular flexibility index (Phi) is 4.40. The van der Waals surface area contributed by atoms with Crippen LogP contribution in [0.25, 0.3) is 10.8 Å². The van der Waals surface area contributed by atoms with Gasteiger partial charge in [0.2, 0.25) is 6.10 Å². The van der Waals surface area contributed by atoms with E-state index < -0.39 is 12.1 Å². The van der Waals surface area contributed by atoms with Gasteiger partial charge in [0.25, 0.3) is 5.91 Å². The highest BCUT2D eigenvalue weighted by molar-refractivity contribution is 5.92. The summed E-state index contributed by atoms with van der Waals surface area (Å²) in [5.41, 5.74) is 2.05. The molecule has 0 aromatic heterocycles. The number of nitrogens with zero attached hydrogens (tertiary/aromatic N) is 1. The van der Waals surface area contributed by atoms with E-state index in [1.807, 2.05) is 60.4 Å². The summed E-state index contributed by atoms with van der Waals surface area (Å²) in [4.78, 5) is 26.2. The molecule has 0 bridgehead atoms. The molecule has 3 aromatic carbocycles. The summed E-state index contributed by atoms with van der Waals surface area (Å²) in [6, 6.07) is 23.6. The Morgan fingerprint density at radius 1 is 0.963 bits per heavy atom. The zero-order valence-corrected chi connectivity index (χ0v) is 15.3. The number of likely N-dealkylation sites (tertiary alicyclic amines) is 1. The molecule has 4 heteroatoms. The van der Waals surface area contributed by atoms with Crippen molar-refractivity contribution in [1.82, 2.24) is 4.90 Å². The molecule has 3 aromatic rings. The van der Waals surface area contributed by atoms with Gasteiger partial charge in [0.05, 0.1) is 6.04 Å². The molecule has 3 atom stereocenters. The number of benzene rings is 3. The molecule has 0 radical (unpaired) electrons. The first kappa shape index (κ1) is 17.3. The molecule has 0 N–H and O–H groups in total. The molecular formula is C23H21NO3. The number of rotatable bonds is 4. The molecule has 0 aliphatic carbocycles. The Bertz CT molecular complexity index is 993. The van der Waals surface area contributed by atoms with E-state index >= 15 is 0 Å². The molecule has 1 amide bonds. The maximum absolute atomic E-state index is 12.9. The Morgan fingerprint density at radius 2 is 1.63 bits per heavy atom. The van der Waals surface area contributed by atoms with Crippen molar-refractivity contribution in [3.05, 3.63) is 83.9 Å². The highest BCUT2D eigenvalue weighted by Crippen LogP contribution is 2.44. The molecule has 0 spiro atoms. The van der Waals surface area contributed by atoms with Crippen LogP contribution in [0.3, 0.4) is 0 Å². The van der Waals surface area contributed by atoms with Crippen molar-refractivity contribution in [2.75, 3.05) is 0 Å². The van der Waals surface area contributed by atoms with Gasteiger partial charge in [0.15, 0.2) is 0 Å². The third-order valence-corrected chi connectivity index (χ3v) is 5.21. The second kappa shape index (κ2) is 6.88. The van der Waals surface area contributed by atoms with Crippen LogP contribution in [-0.4, -0.2) is 22.9 Å². The fourth-order valence-corrected chi connectivity index (χ4v) is 3.96. The number of carbonyl (C=O) groups excluding carboxylic acids is 2. The summed E-state index contributed by atoms with van der Waals surface area (Å²) in [6.45, 7) is 3.37. The maximum Gasteiger partial charge on any atom is 0.303 e. The van der Waals surface area contributed by atoms with Crippen LogP contribution in [0.1, 0.15) is 37.1 Å². The lowest BCUT2D eigenvalue weighted by molar-refractivity contribution is -0.186. The number of ether oxygens (including phenoxy) is 1. The SMILES string of the molecule is CC(=O)O[C@H]1C(=O)N([C@@H](C)c2cccc3ccccc23)[C@H]1c1ccccc1. The molecule has 1 fully saturated rings. The molecule has 0 unspecified atom stereocenters. The van der Waals surface area contributed by atoms with Crippen LogP contribution in [0.5, 0.6) is 0 Å². The minimum Gasteiger partial charge on any atom is -0.450 e. The summed E-state index contributed by atoms with van der Waals surface area (Å²) in [5.74, 6) is -0.591. The Hall–Kier alpha value is -3.14. The lowest BCUT2D eigenvalue weighted by Gasteiger charge is -2.49. The zero-order valence-electron chi connectivity index (χ0n) is 15.3. The van der Waals surface area contributed by atoms with Crippen molar-refractivity contribution in [2.45, 2.75) is 32.0 Å². The van der Waals surface area contributed by atoms with Crippen LogP contribution in [0.4, 0.5) is 0 Å². The van der Waals surface area contributed by atoms with Gasteiger partial charge in [-0.1, -0.05) is 72.8 Å². The van der Waals surface area contributed by atoms with E-state index in [4.69, 9.17) is 4.74 Å². The Morgan fingerprint density at radius 3 is 2.37 bits per heavy atom. The molecule has 136 valence electrons. The lowest BCUT2D eigenvalue weighted by Crippen LogP contribution is -2.60. The minimum atomic E-state index is -0.762. The molecular weight excluding hydrogens is 338 g/mol. The van der Waals surface area contributed by atoms with Crippen LogP contribution in [0.15, 0.2) is 72.8 Å². The fraction of sp³-hybridized carbons (Fsp3) is 0.217. The quantitative estimate of drug-likeness (QED) is 0.512. The predicted molar refractivity (Wildman–Crippen MR) is 104 cm³/mol. The Balaban J connectivity index is 1.74. The number of carbonyl (C=O) groups is 2. The van der Waals surface area contributed by atoms with Crippen LogP contribution < -0.4 is 0 Å². The summed E-state index contributed by atoms with van der Waals surface area (Å²) in [7, 11) is 0. The molecule has 27 heavy (non-hydrogen) atoms. The van der Waals surface area contributed by atoms with E-state index in [2.05, 4.69) is 24.3 Å². The molecule has 1 heterocycles. The van der Waals surface area contributed by atoms with E-state index in [1.165, 1.54) is 6.92 Å². The van der Waals surface area contributed by atoms with Crippen molar-refractivity contribution in [3.8, 4) is 0 Å². The fourth-order valence-electron chi connectivity index (χ4n) is 3.96. The van der Waals surface area contributed by atoms with Gasteiger partial charge in [0.1, 0.15) is 6.04 Å². The van der Waals surface area contributed by atoms with Crippen molar-refractivity contribution in [1.29, 1.82) is 0 Å². The van der Waals surface area contributed by atoms with E-state index in [9.17, 15) is 9.59 Å². The first-order valence-corrected chi connectivity index (χ1v) is 9.10. The molecule has 4 rings (SSSR count). The second-order valence-corrected chi connectivity index (χ2v) is 6.88. The number of hydrogen-bond donors (Lipinski definition) is 0. The largest absolute Gasteiger partial charge is 0.450 e. The molecule has 1 aliphatic rings. The van der Waals surface area contributed by atoms with E-state index in [0.29, 0.717) is 0 Å². The van der Waals surface area contributed by atoms with Crippen LogP contribution in [0, 0.1) is 0 Å². The normalized spacial score (nSPS) is 20.2. The maximum atomic E-state index is 12.9. The standard InChI is InChI=1S/C23H21NO3/c1-15(19-14-8-12-17-9-6-7-13-20(17)19)24-21(18-10-4-3-5-11-18)22(23(24)26)27-16(2)25/h3-15,21-22H,1-2H3/t15-,21-,22+/m0/s1. The monoisotopic (exact) mass is 359 g/mol. The number of amides is 1. The molecule has 4 nitrogen and oxygen atoms in total. The first-order chi connectivity index (χ1) is 13.1. The van der Waals surface area contributed by atoms with Crippen molar-refractivity contribution in [3.63, 3.8) is 0 Å². The van der Waals surface area contributed by atoms with Gasteiger partial charge in [-0.15, -0.1) is 0 Å². The van der Waals surface area contributed by atoms with Gasteiger partial charge in [0, 0.05) is 6.92 Å². The number of hydrogen-bond acceptors (Lipinski definition) is 3. The van der Waals surface area contributed by atoms with Crippen molar-refractivity contribution < 1.29 is 14.3 Å². The first-order valence-electron chi connectivity index (χ1n) is 9.10. The average Bonchev–Trinajstić information content (AvgIpc) is 2.69. The van der Waals surface area contributed by atoms with Gasteiger partial charge in [-0.25, -0.2) is 0 Å². The number of esters is 1. The van der Waals surface area contributed by atoms with Crippen molar-refractivity contribution >= 4 is 22.6 Å². The van der Waals surface area contributed by atoms with E-state index in [1.54, 1.807) is 0 Å². The molecule has 1 aliphatic heterocycles. The lowest BCUT2D eigenvalue weighted by atomic mass is 9.86. The van der Waals surface area contributed by atoms with Gasteiger partial charge >= 0.3 is 5.97 Å².